The first-order chi connectivity index (χ1) is 11.7. The van der Waals surface area contributed by atoms with Gasteiger partial charge >= 0.3 is 0 Å². The smallest absolute Gasteiger partial charge is 0.252 e. The maximum Gasteiger partial charge on any atom is 0.252 e. The van der Waals surface area contributed by atoms with Crippen molar-refractivity contribution < 1.29 is 9.53 Å². The highest BCUT2D eigenvalue weighted by atomic mass is 16.5. The molecule has 1 aliphatic carbocycles. The Morgan fingerprint density at radius 3 is 2.92 bits per heavy atom. The molecule has 1 aliphatic heterocycles. The van der Waals surface area contributed by atoms with Crippen molar-refractivity contribution in [3.05, 3.63) is 23.5 Å². The van der Waals surface area contributed by atoms with Gasteiger partial charge in [0.15, 0.2) is 5.65 Å². The highest BCUT2D eigenvalue weighted by molar-refractivity contribution is 6.05. The van der Waals surface area contributed by atoms with E-state index in [1.165, 1.54) is 12.8 Å². The molecular weight excluding hydrogens is 304 g/mol. The Morgan fingerprint density at radius 2 is 2.17 bits per heavy atom. The minimum atomic E-state index is -0.0630. The SMILES string of the molecule is Cc1cc(C(=O)NCC2CCCO2)c2cnn(C3CCCC3)c2n1. The summed E-state index contributed by atoms with van der Waals surface area (Å²) in [4.78, 5) is 17.3. The number of ether oxygens (including phenoxy) is 1. The number of nitrogens with one attached hydrogen (secondary N) is 1. The van der Waals surface area contributed by atoms with Gasteiger partial charge < -0.3 is 10.1 Å². The molecule has 1 amide bonds. The van der Waals surface area contributed by atoms with E-state index in [-0.39, 0.29) is 12.0 Å². The van der Waals surface area contributed by atoms with Gasteiger partial charge in [-0.2, -0.15) is 5.10 Å². The lowest BCUT2D eigenvalue weighted by Crippen LogP contribution is -2.32. The molecule has 1 atom stereocenters. The van der Waals surface area contributed by atoms with E-state index in [0.717, 1.165) is 49.0 Å². The fourth-order valence-electron chi connectivity index (χ4n) is 3.85. The summed E-state index contributed by atoms with van der Waals surface area (Å²) < 4.78 is 7.60. The molecule has 1 N–H and O–H groups in total. The van der Waals surface area contributed by atoms with Crippen LogP contribution in [0.15, 0.2) is 12.3 Å². The van der Waals surface area contributed by atoms with Crippen molar-refractivity contribution in [2.45, 2.75) is 57.6 Å². The van der Waals surface area contributed by atoms with Crippen LogP contribution in [-0.4, -0.2) is 39.9 Å². The van der Waals surface area contributed by atoms with Crippen LogP contribution in [0.25, 0.3) is 11.0 Å². The molecule has 0 radical (unpaired) electrons. The van der Waals surface area contributed by atoms with Crippen LogP contribution in [0.2, 0.25) is 0 Å². The summed E-state index contributed by atoms with van der Waals surface area (Å²) in [6.07, 6.45) is 8.81. The average molecular weight is 328 g/mol. The zero-order valence-electron chi connectivity index (χ0n) is 14.1. The van der Waals surface area contributed by atoms with E-state index in [0.29, 0.717) is 18.2 Å². The number of pyridine rings is 1. The largest absolute Gasteiger partial charge is 0.376 e. The van der Waals surface area contributed by atoms with Gasteiger partial charge in [-0.25, -0.2) is 9.67 Å². The summed E-state index contributed by atoms with van der Waals surface area (Å²) in [5, 5.41) is 8.40. The Morgan fingerprint density at radius 1 is 1.33 bits per heavy atom. The number of carbonyl (C=O) groups is 1. The average Bonchev–Trinajstić information content (AvgIpc) is 3.31. The van der Waals surface area contributed by atoms with Crippen LogP contribution in [0.5, 0.6) is 0 Å². The first-order valence-corrected chi connectivity index (χ1v) is 8.97. The minimum Gasteiger partial charge on any atom is -0.376 e. The third-order valence-electron chi connectivity index (χ3n) is 5.12. The second-order valence-corrected chi connectivity index (χ2v) is 6.92. The number of aromatic nitrogens is 3. The number of hydrogen-bond acceptors (Lipinski definition) is 4. The van der Waals surface area contributed by atoms with Crippen LogP contribution in [-0.2, 0) is 4.74 Å². The third kappa shape index (κ3) is 2.90. The normalized spacial score (nSPS) is 21.6. The molecule has 6 nitrogen and oxygen atoms in total. The number of hydrogen-bond donors (Lipinski definition) is 1. The lowest BCUT2D eigenvalue weighted by molar-refractivity contribution is 0.0859. The van der Waals surface area contributed by atoms with Gasteiger partial charge in [-0.05, 0) is 38.7 Å². The maximum absolute atomic E-state index is 12.7. The highest BCUT2D eigenvalue weighted by Crippen LogP contribution is 2.31. The van der Waals surface area contributed by atoms with Crippen LogP contribution in [0, 0.1) is 6.92 Å². The first-order valence-electron chi connectivity index (χ1n) is 8.97. The lowest BCUT2D eigenvalue weighted by Gasteiger charge is -2.13. The van der Waals surface area contributed by atoms with Crippen molar-refractivity contribution >= 4 is 16.9 Å². The Balaban J connectivity index is 1.61. The predicted octanol–water partition coefficient (Wildman–Crippen LogP) is 2.76. The van der Waals surface area contributed by atoms with Crippen molar-refractivity contribution in [1.29, 1.82) is 0 Å². The molecule has 3 heterocycles. The number of nitrogens with zero attached hydrogens (tertiary/aromatic N) is 3. The van der Waals surface area contributed by atoms with Gasteiger partial charge in [0, 0.05) is 18.8 Å². The van der Waals surface area contributed by atoms with Crippen LogP contribution >= 0.6 is 0 Å². The zero-order chi connectivity index (χ0) is 16.5. The molecule has 1 saturated heterocycles. The van der Waals surface area contributed by atoms with Gasteiger partial charge in [0.1, 0.15) is 0 Å². The second-order valence-electron chi connectivity index (χ2n) is 6.92. The summed E-state index contributed by atoms with van der Waals surface area (Å²) in [7, 11) is 0. The Hall–Kier alpha value is -1.95. The highest BCUT2D eigenvalue weighted by Gasteiger charge is 2.23. The molecule has 0 aromatic carbocycles. The number of fused-ring (bicyclic) bond motifs is 1. The fraction of sp³-hybridized carbons (Fsp3) is 0.611. The molecule has 1 unspecified atom stereocenters. The Labute approximate surface area is 141 Å². The minimum absolute atomic E-state index is 0.0630. The molecule has 0 bridgehead atoms. The van der Waals surface area contributed by atoms with Crippen molar-refractivity contribution in [3.63, 3.8) is 0 Å². The second kappa shape index (κ2) is 6.51. The third-order valence-corrected chi connectivity index (χ3v) is 5.12. The van der Waals surface area contributed by atoms with Gasteiger partial charge in [-0.3, -0.25) is 4.79 Å². The Bertz CT molecular complexity index is 743. The maximum atomic E-state index is 12.7. The van der Waals surface area contributed by atoms with Crippen molar-refractivity contribution in [3.8, 4) is 0 Å². The molecule has 1 saturated carbocycles. The van der Waals surface area contributed by atoms with E-state index < -0.39 is 0 Å². The molecule has 2 fully saturated rings. The summed E-state index contributed by atoms with van der Waals surface area (Å²) in [5.74, 6) is -0.0630. The predicted molar refractivity (Wildman–Crippen MR) is 91.1 cm³/mol. The topological polar surface area (TPSA) is 69.0 Å². The monoisotopic (exact) mass is 328 g/mol. The number of carbonyl (C=O) groups excluding carboxylic acids is 1. The zero-order valence-corrected chi connectivity index (χ0v) is 14.1. The van der Waals surface area contributed by atoms with Crippen molar-refractivity contribution in [1.82, 2.24) is 20.1 Å². The standard InChI is InChI=1S/C18H24N4O2/c1-12-9-15(18(23)19-10-14-7-4-8-24-14)16-11-20-22(17(16)21-12)13-5-2-3-6-13/h9,11,13-14H,2-8,10H2,1H3,(H,19,23). The molecule has 128 valence electrons. The lowest BCUT2D eigenvalue weighted by atomic mass is 10.1. The van der Waals surface area contributed by atoms with Crippen LogP contribution in [0.4, 0.5) is 0 Å². The molecule has 2 aromatic heterocycles. The molecular formula is C18H24N4O2. The summed E-state index contributed by atoms with van der Waals surface area (Å²) in [6.45, 7) is 3.30. The molecule has 2 aromatic rings. The summed E-state index contributed by atoms with van der Waals surface area (Å²) in [6, 6.07) is 2.27. The van der Waals surface area contributed by atoms with Crippen molar-refractivity contribution in [2.75, 3.05) is 13.2 Å². The molecule has 4 rings (SSSR count). The van der Waals surface area contributed by atoms with E-state index in [1.807, 2.05) is 17.7 Å². The van der Waals surface area contributed by atoms with Gasteiger partial charge in [0.25, 0.3) is 5.91 Å². The fourth-order valence-corrected chi connectivity index (χ4v) is 3.85. The van der Waals surface area contributed by atoms with E-state index in [2.05, 4.69) is 15.4 Å². The van der Waals surface area contributed by atoms with E-state index >= 15 is 0 Å². The number of aryl methyl sites for hydroxylation is 1. The van der Waals surface area contributed by atoms with Crippen LogP contribution in [0.3, 0.4) is 0 Å². The van der Waals surface area contributed by atoms with Gasteiger partial charge in [0.2, 0.25) is 0 Å². The summed E-state index contributed by atoms with van der Waals surface area (Å²) >= 11 is 0. The number of amides is 1. The quantitative estimate of drug-likeness (QED) is 0.937. The van der Waals surface area contributed by atoms with Crippen LogP contribution < -0.4 is 5.32 Å². The molecule has 6 heteroatoms. The van der Waals surface area contributed by atoms with Crippen molar-refractivity contribution in [2.24, 2.45) is 0 Å². The number of rotatable bonds is 4. The molecule has 2 aliphatic rings. The molecule has 24 heavy (non-hydrogen) atoms. The van der Waals surface area contributed by atoms with Gasteiger partial charge in [0.05, 0.1) is 29.3 Å². The van der Waals surface area contributed by atoms with E-state index in [1.54, 1.807) is 6.20 Å². The van der Waals surface area contributed by atoms with E-state index in [4.69, 9.17) is 4.74 Å². The van der Waals surface area contributed by atoms with Gasteiger partial charge in [-0.15, -0.1) is 0 Å². The van der Waals surface area contributed by atoms with Gasteiger partial charge in [-0.1, -0.05) is 12.8 Å². The van der Waals surface area contributed by atoms with Crippen LogP contribution in [0.1, 0.15) is 60.6 Å². The first kappa shape index (κ1) is 15.6. The van der Waals surface area contributed by atoms with E-state index in [9.17, 15) is 4.79 Å². The Kier molecular flexibility index (Phi) is 4.22. The molecule has 0 spiro atoms. The summed E-state index contributed by atoms with van der Waals surface area (Å²) in [5.41, 5.74) is 2.36.